The van der Waals surface area contributed by atoms with E-state index in [-0.39, 0.29) is 18.9 Å². The number of furan rings is 1. The number of amides is 1. The third-order valence-electron chi connectivity index (χ3n) is 4.09. The number of hydrogen-bond donors (Lipinski definition) is 2. The summed E-state index contributed by atoms with van der Waals surface area (Å²) in [5, 5.41) is 13.4. The van der Waals surface area contributed by atoms with Crippen LogP contribution in [0.4, 0.5) is 0 Å². The summed E-state index contributed by atoms with van der Waals surface area (Å²) in [6.07, 6.45) is 0.232. The minimum atomic E-state index is -1.18. The maximum Gasteiger partial charge on any atom is 0.224 e. The van der Waals surface area contributed by atoms with Crippen LogP contribution in [-0.2, 0) is 16.8 Å². The number of hydrogen-bond acceptors (Lipinski definition) is 4. The molecule has 24 heavy (non-hydrogen) atoms. The summed E-state index contributed by atoms with van der Waals surface area (Å²) in [5.41, 5.74) is 1.40. The minimum Gasteiger partial charge on any atom is -0.496 e. The highest BCUT2D eigenvalue weighted by Gasteiger charge is 2.28. The van der Waals surface area contributed by atoms with Gasteiger partial charge in [0.25, 0.3) is 0 Å². The molecule has 2 rings (SSSR count). The van der Waals surface area contributed by atoms with E-state index in [0.717, 1.165) is 22.6 Å². The molecule has 0 saturated heterocycles. The highest BCUT2D eigenvalue weighted by atomic mass is 16.5. The molecule has 0 fully saturated rings. The minimum absolute atomic E-state index is 0.120. The predicted molar refractivity (Wildman–Crippen MR) is 92.2 cm³/mol. The van der Waals surface area contributed by atoms with E-state index in [4.69, 9.17) is 9.15 Å². The summed E-state index contributed by atoms with van der Waals surface area (Å²) >= 11 is 0. The first-order valence-corrected chi connectivity index (χ1v) is 7.93. The van der Waals surface area contributed by atoms with Crippen LogP contribution < -0.4 is 10.1 Å². The number of methoxy groups -OCH3 is 1. The molecule has 1 aromatic heterocycles. The standard InChI is InChI=1S/C19H25NO4/c1-12-6-7-15(9-17(12)23-5)10-18(21)20-11-19(4,22)16-8-13(2)24-14(16)3/h6-9,22H,10-11H2,1-5H3,(H,20,21). The molecule has 2 N–H and O–H groups in total. The van der Waals surface area contributed by atoms with Gasteiger partial charge in [-0.2, -0.15) is 0 Å². The van der Waals surface area contributed by atoms with Crippen molar-refractivity contribution in [1.82, 2.24) is 5.32 Å². The van der Waals surface area contributed by atoms with Crippen molar-refractivity contribution in [1.29, 1.82) is 0 Å². The average Bonchev–Trinajstić information content (AvgIpc) is 2.87. The van der Waals surface area contributed by atoms with Crippen molar-refractivity contribution in [3.8, 4) is 5.75 Å². The number of carbonyl (C=O) groups excluding carboxylic acids is 1. The fraction of sp³-hybridized carbons (Fsp3) is 0.421. The van der Waals surface area contributed by atoms with Crippen molar-refractivity contribution in [3.05, 3.63) is 52.5 Å². The fourth-order valence-corrected chi connectivity index (χ4v) is 2.75. The number of rotatable bonds is 6. The van der Waals surface area contributed by atoms with Crippen LogP contribution >= 0.6 is 0 Å². The van der Waals surface area contributed by atoms with E-state index in [1.165, 1.54) is 0 Å². The van der Waals surface area contributed by atoms with Gasteiger partial charge in [-0.25, -0.2) is 0 Å². The Hall–Kier alpha value is -2.27. The molecule has 1 heterocycles. The molecule has 0 aliphatic heterocycles. The average molecular weight is 331 g/mol. The van der Waals surface area contributed by atoms with Crippen LogP contribution in [0.15, 0.2) is 28.7 Å². The van der Waals surface area contributed by atoms with Gasteiger partial charge >= 0.3 is 0 Å². The van der Waals surface area contributed by atoms with Crippen LogP contribution in [0.1, 0.15) is 35.1 Å². The topological polar surface area (TPSA) is 71.7 Å². The molecule has 0 radical (unpaired) electrons. The Balaban J connectivity index is 1.99. The second kappa shape index (κ2) is 7.09. The van der Waals surface area contributed by atoms with Crippen LogP contribution in [-0.4, -0.2) is 24.7 Å². The van der Waals surface area contributed by atoms with Gasteiger partial charge in [0.2, 0.25) is 5.91 Å². The van der Waals surface area contributed by atoms with E-state index in [1.807, 2.05) is 32.0 Å². The predicted octanol–water partition coefficient (Wildman–Crippen LogP) is 2.78. The van der Waals surface area contributed by atoms with Gasteiger partial charge in [0, 0.05) is 5.56 Å². The highest BCUT2D eigenvalue weighted by molar-refractivity contribution is 5.78. The Bertz CT molecular complexity index is 731. The van der Waals surface area contributed by atoms with Crippen molar-refractivity contribution in [3.63, 3.8) is 0 Å². The molecule has 0 bridgehead atoms. The van der Waals surface area contributed by atoms with Gasteiger partial charge in [-0.15, -0.1) is 0 Å². The lowest BCUT2D eigenvalue weighted by atomic mass is 9.96. The third-order valence-corrected chi connectivity index (χ3v) is 4.09. The molecule has 0 aliphatic rings. The van der Waals surface area contributed by atoms with Crippen LogP contribution in [0, 0.1) is 20.8 Å². The molecule has 0 aliphatic carbocycles. The Kier molecular flexibility index (Phi) is 5.34. The summed E-state index contributed by atoms with van der Waals surface area (Å²) < 4.78 is 10.7. The first-order chi connectivity index (χ1) is 11.2. The molecular formula is C19H25NO4. The summed E-state index contributed by atoms with van der Waals surface area (Å²) in [4.78, 5) is 12.2. The molecule has 5 nitrogen and oxygen atoms in total. The smallest absolute Gasteiger partial charge is 0.224 e. The van der Waals surface area contributed by atoms with E-state index in [9.17, 15) is 9.90 Å². The zero-order chi connectivity index (χ0) is 17.9. The molecule has 1 unspecified atom stereocenters. The summed E-state index contributed by atoms with van der Waals surface area (Å²) in [5.74, 6) is 2.01. The van der Waals surface area contributed by atoms with Crippen molar-refractivity contribution < 1.29 is 19.1 Å². The SMILES string of the molecule is COc1cc(CC(=O)NCC(C)(O)c2cc(C)oc2C)ccc1C. The summed E-state index contributed by atoms with van der Waals surface area (Å²) in [6, 6.07) is 7.48. The van der Waals surface area contributed by atoms with Crippen LogP contribution in [0.25, 0.3) is 0 Å². The Labute approximate surface area is 142 Å². The van der Waals surface area contributed by atoms with E-state index >= 15 is 0 Å². The molecule has 0 saturated carbocycles. The van der Waals surface area contributed by atoms with Crippen molar-refractivity contribution in [2.75, 3.05) is 13.7 Å². The van der Waals surface area contributed by atoms with Crippen molar-refractivity contribution in [2.45, 2.75) is 39.7 Å². The lowest BCUT2D eigenvalue weighted by Gasteiger charge is -2.23. The van der Waals surface area contributed by atoms with Gasteiger partial charge < -0.3 is 19.6 Å². The van der Waals surface area contributed by atoms with Gasteiger partial charge in [0.15, 0.2) is 0 Å². The summed E-state index contributed by atoms with van der Waals surface area (Å²) in [6.45, 7) is 7.37. The number of ether oxygens (including phenoxy) is 1. The molecular weight excluding hydrogens is 306 g/mol. The van der Waals surface area contributed by atoms with Crippen molar-refractivity contribution >= 4 is 5.91 Å². The monoisotopic (exact) mass is 331 g/mol. The lowest BCUT2D eigenvalue weighted by molar-refractivity contribution is -0.121. The van der Waals surface area contributed by atoms with Crippen LogP contribution in [0.3, 0.4) is 0 Å². The zero-order valence-electron chi connectivity index (χ0n) is 14.9. The van der Waals surface area contributed by atoms with Gasteiger partial charge in [-0.3, -0.25) is 4.79 Å². The first-order valence-electron chi connectivity index (χ1n) is 7.93. The number of carbonyl (C=O) groups is 1. The first kappa shape index (κ1) is 18.1. The van der Waals surface area contributed by atoms with Crippen LogP contribution in [0.5, 0.6) is 5.75 Å². The molecule has 5 heteroatoms. The number of benzene rings is 1. The number of aliphatic hydroxyl groups is 1. The Morgan fingerprint density at radius 1 is 1.29 bits per heavy atom. The number of aryl methyl sites for hydroxylation is 3. The molecule has 1 atom stereocenters. The van der Waals surface area contributed by atoms with Crippen molar-refractivity contribution in [2.24, 2.45) is 0 Å². The second-order valence-corrected chi connectivity index (χ2v) is 6.36. The van der Waals surface area contributed by atoms with Gasteiger partial charge in [-0.05, 0) is 51.0 Å². The molecule has 2 aromatic rings. The Morgan fingerprint density at radius 2 is 2.00 bits per heavy atom. The second-order valence-electron chi connectivity index (χ2n) is 6.36. The van der Waals surface area contributed by atoms with E-state index in [1.54, 1.807) is 27.0 Å². The van der Waals surface area contributed by atoms with E-state index in [0.29, 0.717) is 11.3 Å². The summed E-state index contributed by atoms with van der Waals surface area (Å²) in [7, 11) is 1.61. The van der Waals surface area contributed by atoms with E-state index in [2.05, 4.69) is 5.32 Å². The quantitative estimate of drug-likeness (QED) is 0.854. The molecule has 1 amide bonds. The Morgan fingerprint density at radius 3 is 2.58 bits per heavy atom. The highest BCUT2D eigenvalue weighted by Crippen LogP contribution is 2.26. The lowest BCUT2D eigenvalue weighted by Crippen LogP contribution is -2.39. The number of nitrogens with one attached hydrogen (secondary N) is 1. The van der Waals surface area contributed by atoms with Crippen LogP contribution in [0.2, 0.25) is 0 Å². The van der Waals surface area contributed by atoms with Gasteiger partial charge in [0.1, 0.15) is 22.9 Å². The van der Waals surface area contributed by atoms with Gasteiger partial charge in [-0.1, -0.05) is 12.1 Å². The third kappa shape index (κ3) is 4.17. The largest absolute Gasteiger partial charge is 0.496 e. The maximum absolute atomic E-state index is 12.2. The molecule has 1 aromatic carbocycles. The molecule has 0 spiro atoms. The zero-order valence-corrected chi connectivity index (χ0v) is 14.9. The molecule has 130 valence electrons. The normalized spacial score (nSPS) is 13.4. The fourth-order valence-electron chi connectivity index (χ4n) is 2.75. The maximum atomic E-state index is 12.2. The van der Waals surface area contributed by atoms with Gasteiger partial charge in [0.05, 0.1) is 20.1 Å². The van der Waals surface area contributed by atoms with E-state index < -0.39 is 5.60 Å².